The molecule has 19 heavy (non-hydrogen) atoms. The van der Waals surface area contributed by atoms with E-state index in [1.165, 1.54) is 19.3 Å². The van der Waals surface area contributed by atoms with E-state index in [9.17, 15) is 4.79 Å². The highest BCUT2D eigenvalue weighted by molar-refractivity contribution is 6.00. The summed E-state index contributed by atoms with van der Waals surface area (Å²) in [4.78, 5) is 14.7. The summed E-state index contributed by atoms with van der Waals surface area (Å²) in [5.74, 6) is 0.847. The fourth-order valence-electron chi connectivity index (χ4n) is 2.69. The van der Waals surface area contributed by atoms with Gasteiger partial charge in [-0.1, -0.05) is 12.5 Å². The molecule has 3 heteroatoms. The smallest absolute Gasteiger partial charge is 0.180 e. The molecule has 1 heterocycles. The molecule has 0 N–H and O–H groups in total. The number of aryl methyl sites for hydroxylation is 1. The molecule has 1 aliphatic heterocycles. The van der Waals surface area contributed by atoms with Gasteiger partial charge in [0, 0.05) is 6.04 Å². The van der Waals surface area contributed by atoms with E-state index < -0.39 is 0 Å². The third kappa shape index (κ3) is 3.35. The average Bonchev–Trinajstić information content (AvgIpc) is 2.41. The van der Waals surface area contributed by atoms with Gasteiger partial charge in [-0.05, 0) is 50.9 Å². The molecule has 0 amide bonds. The minimum absolute atomic E-state index is 0.158. The van der Waals surface area contributed by atoms with E-state index in [2.05, 4.69) is 11.8 Å². The zero-order valence-electron chi connectivity index (χ0n) is 12.1. The molecule has 3 nitrogen and oxygen atoms in total. The van der Waals surface area contributed by atoms with E-state index in [0.717, 1.165) is 12.1 Å². The van der Waals surface area contributed by atoms with Crippen molar-refractivity contribution in [1.82, 2.24) is 4.90 Å². The van der Waals surface area contributed by atoms with Crippen LogP contribution in [0.4, 0.5) is 0 Å². The SMILES string of the molecule is COc1cc(C)ccc1C(=O)CN1CCCCC1C. The van der Waals surface area contributed by atoms with Gasteiger partial charge in [-0.3, -0.25) is 9.69 Å². The van der Waals surface area contributed by atoms with Crippen molar-refractivity contribution in [3.63, 3.8) is 0 Å². The first-order chi connectivity index (χ1) is 9.11. The quantitative estimate of drug-likeness (QED) is 0.780. The van der Waals surface area contributed by atoms with Gasteiger partial charge in [-0.15, -0.1) is 0 Å². The Balaban J connectivity index is 2.11. The first kappa shape index (κ1) is 14.1. The van der Waals surface area contributed by atoms with Crippen LogP contribution in [0.3, 0.4) is 0 Å². The summed E-state index contributed by atoms with van der Waals surface area (Å²) in [6.07, 6.45) is 3.67. The largest absolute Gasteiger partial charge is 0.496 e. The fraction of sp³-hybridized carbons (Fsp3) is 0.562. The third-order valence-corrected chi connectivity index (χ3v) is 3.94. The molecule has 0 spiro atoms. The fourth-order valence-corrected chi connectivity index (χ4v) is 2.69. The number of hydrogen-bond acceptors (Lipinski definition) is 3. The van der Waals surface area contributed by atoms with Crippen LogP contribution < -0.4 is 4.74 Å². The van der Waals surface area contributed by atoms with Crippen molar-refractivity contribution in [2.45, 2.75) is 39.2 Å². The van der Waals surface area contributed by atoms with Crippen LogP contribution in [0.15, 0.2) is 18.2 Å². The average molecular weight is 261 g/mol. The van der Waals surface area contributed by atoms with Crippen LogP contribution in [0.1, 0.15) is 42.1 Å². The molecule has 104 valence electrons. The Morgan fingerprint density at radius 2 is 2.21 bits per heavy atom. The number of benzene rings is 1. The van der Waals surface area contributed by atoms with E-state index in [-0.39, 0.29) is 5.78 Å². The number of nitrogens with zero attached hydrogens (tertiary/aromatic N) is 1. The lowest BCUT2D eigenvalue weighted by Crippen LogP contribution is -2.40. The first-order valence-electron chi connectivity index (χ1n) is 7.03. The molecule has 0 radical (unpaired) electrons. The summed E-state index contributed by atoms with van der Waals surface area (Å²) in [5.41, 5.74) is 1.81. The number of methoxy groups -OCH3 is 1. The van der Waals surface area contributed by atoms with Crippen molar-refractivity contribution >= 4 is 5.78 Å². The number of piperidine rings is 1. The Kier molecular flexibility index (Phi) is 4.59. The summed E-state index contributed by atoms with van der Waals surface area (Å²) >= 11 is 0. The van der Waals surface area contributed by atoms with Crippen molar-refractivity contribution in [2.24, 2.45) is 0 Å². The number of Topliss-reactive ketones (excluding diaryl/α,β-unsaturated/α-hetero) is 1. The van der Waals surface area contributed by atoms with Crippen molar-refractivity contribution in [3.05, 3.63) is 29.3 Å². The van der Waals surface area contributed by atoms with E-state index in [1.54, 1.807) is 7.11 Å². The minimum Gasteiger partial charge on any atom is -0.496 e. The van der Waals surface area contributed by atoms with Crippen molar-refractivity contribution < 1.29 is 9.53 Å². The molecular weight excluding hydrogens is 238 g/mol. The van der Waals surface area contributed by atoms with E-state index in [1.807, 2.05) is 25.1 Å². The lowest BCUT2D eigenvalue weighted by atomic mass is 10.0. The summed E-state index contributed by atoms with van der Waals surface area (Å²) < 4.78 is 5.32. The number of rotatable bonds is 4. The normalized spacial score (nSPS) is 20.3. The van der Waals surface area contributed by atoms with E-state index >= 15 is 0 Å². The minimum atomic E-state index is 0.158. The first-order valence-corrected chi connectivity index (χ1v) is 7.03. The van der Waals surface area contributed by atoms with Crippen LogP contribution >= 0.6 is 0 Å². The molecule has 1 saturated heterocycles. The van der Waals surface area contributed by atoms with Gasteiger partial charge in [-0.2, -0.15) is 0 Å². The molecule has 1 fully saturated rings. The number of carbonyl (C=O) groups is 1. The maximum absolute atomic E-state index is 12.4. The summed E-state index contributed by atoms with van der Waals surface area (Å²) in [6.45, 7) is 5.74. The number of carbonyl (C=O) groups excluding carboxylic acids is 1. The van der Waals surface area contributed by atoms with Crippen LogP contribution in [0, 0.1) is 6.92 Å². The van der Waals surface area contributed by atoms with Crippen LogP contribution in [0.25, 0.3) is 0 Å². The van der Waals surface area contributed by atoms with Gasteiger partial charge in [0.1, 0.15) is 5.75 Å². The van der Waals surface area contributed by atoms with Crippen LogP contribution in [-0.2, 0) is 0 Å². The predicted molar refractivity (Wildman–Crippen MR) is 76.9 cm³/mol. The van der Waals surface area contributed by atoms with E-state index in [4.69, 9.17) is 4.74 Å². The topological polar surface area (TPSA) is 29.5 Å². The summed E-state index contributed by atoms with van der Waals surface area (Å²) in [5, 5.41) is 0. The Morgan fingerprint density at radius 3 is 2.89 bits per heavy atom. The maximum Gasteiger partial charge on any atom is 0.180 e. The van der Waals surface area contributed by atoms with Gasteiger partial charge in [0.05, 0.1) is 19.2 Å². The van der Waals surface area contributed by atoms with Gasteiger partial charge in [0.15, 0.2) is 5.78 Å². The van der Waals surface area contributed by atoms with Crippen LogP contribution in [0.2, 0.25) is 0 Å². The Hall–Kier alpha value is -1.35. The molecule has 1 aromatic carbocycles. The highest BCUT2D eigenvalue weighted by Crippen LogP contribution is 2.22. The highest BCUT2D eigenvalue weighted by atomic mass is 16.5. The Bertz CT molecular complexity index is 456. The zero-order chi connectivity index (χ0) is 13.8. The molecule has 1 unspecified atom stereocenters. The second-order valence-corrected chi connectivity index (χ2v) is 5.44. The van der Waals surface area contributed by atoms with Crippen LogP contribution in [0.5, 0.6) is 5.75 Å². The molecule has 0 aliphatic carbocycles. The van der Waals surface area contributed by atoms with E-state index in [0.29, 0.717) is 23.9 Å². The van der Waals surface area contributed by atoms with Crippen molar-refractivity contribution in [1.29, 1.82) is 0 Å². The molecule has 2 rings (SSSR count). The van der Waals surface area contributed by atoms with Crippen LogP contribution in [-0.4, -0.2) is 36.9 Å². The van der Waals surface area contributed by atoms with Gasteiger partial charge in [0.2, 0.25) is 0 Å². The Morgan fingerprint density at radius 1 is 1.42 bits per heavy atom. The summed E-state index contributed by atoms with van der Waals surface area (Å²) in [7, 11) is 1.62. The lowest BCUT2D eigenvalue weighted by molar-refractivity contribution is 0.0857. The standard InChI is InChI=1S/C16H23NO2/c1-12-7-8-14(16(10-12)19-3)15(18)11-17-9-5-4-6-13(17)2/h7-8,10,13H,4-6,9,11H2,1-3H3. The molecule has 1 aromatic rings. The molecule has 1 atom stereocenters. The number of likely N-dealkylation sites (tertiary alicyclic amines) is 1. The van der Waals surface area contributed by atoms with Gasteiger partial charge in [-0.25, -0.2) is 0 Å². The van der Waals surface area contributed by atoms with Gasteiger partial charge < -0.3 is 4.74 Å². The molecule has 0 bridgehead atoms. The molecule has 1 aliphatic rings. The zero-order valence-corrected chi connectivity index (χ0v) is 12.1. The van der Waals surface area contributed by atoms with Gasteiger partial charge in [0.25, 0.3) is 0 Å². The number of ether oxygens (including phenoxy) is 1. The maximum atomic E-state index is 12.4. The Labute approximate surface area is 115 Å². The third-order valence-electron chi connectivity index (χ3n) is 3.94. The monoisotopic (exact) mass is 261 g/mol. The lowest BCUT2D eigenvalue weighted by Gasteiger charge is -2.32. The molecular formula is C16H23NO2. The highest BCUT2D eigenvalue weighted by Gasteiger charge is 2.22. The van der Waals surface area contributed by atoms with Gasteiger partial charge >= 0.3 is 0 Å². The number of ketones is 1. The van der Waals surface area contributed by atoms with Crippen molar-refractivity contribution in [2.75, 3.05) is 20.2 Å². The molecule has 0 saturated carbocycles. The van der Waals surface area contributed by atoms with Crippen molar-refractivity contribution in [3.8, 4) is 5.75 Å². The number of hydrogen-bond donors (Lipinski definition) is 0. The molecule has 0 aromatic heterocycles. The second kappa shape index (κ2) is 6.20. The predicted octanol–water partition coefficient (Wildman–Crippen LogP) is 3.06. The second-order valence-electron chi connectivity index (χ2n) is 5.44. The summed E-state index contributed by atoms with van der Waals surface area (Å²) in [6, 6.07) is 6.28.